The summed E-state index contributed by atoms with van der Waals surface area (Å²) in [6.45, 7) is 1.73. The van der Waals surface area contributed by atoms with E-state index in [9.17, 15) is 4.79 Å². The van der Waals surface area contributed by atoms with Crippen molar-refractivity contribution in [3.63, 3.8) is 0 Å². The van der Waals surface area contributed by atoms with Crippen LogP contribution in [0.15, 0.2) is 39.5 Å². The molecule has 4 rings (SSSR count). The third-order valence-electron chi connectivity index (χ3n) is 4.52. The summed E-state index contributed by atoms with van der Waals surface area (Å²) in [7, 11) is 0. The van der Waals surface area contributed by atoms with Crippen molar-refractivity contribution in [3.8, 4) is 11.4 Å². The van der Waals surface area contributed by atoms with Gasteiger partial charge in [-0.3, -0.25) is 4.79 Å². The van der Waals surface area contributed by atoms with E-state index in [0.29, 0.717) is 48.8 Å². The van der Waals surface area contributed by atoms with Crippen molar-refractivity contribution in [2.75, 3.05) is 19.8 Å². The number of amides is 1. The topological polar surface area (TPSA) is 103 Å². The van der Waals surface area contributed by atoms with Crippen molar-refractivity contribution in [2.24, 2.45) is 0 Å². The van der Waals surface area contributed by atoms with Gasteiger partial charge in [0.1, 0.15) is 6.26 Å². The maximum atomic E-state index is 12.3. The van der Waals surface area contributed by atoms with E-state index < -0.39 is 0 Å². The lowest BCUT2D eigenvalue weighted by Crippen LogP contribution is -2.26. The smallest absolute Gasteiger partial charge is 0.273 e. The van der Waals surface area contributed by atoms with Gasteiger partial charge in [-0.25, -0.2) is 4.98 Å². The third-order valence-corrected chi connectivity index (χ3v) is 4.77. The first-order valence-electron chi connectivity index (χ1n) is 9.09. The molecular formula is C19H19ClN4O4. The molecule has 1 N–H and O–H groups in total. The lowest BCUT2D eigenvalue weighted by atomic mass is 10.0. The zero-order chi connectivity index (χ0) is 19.3. The number of nitrogens with zero attached hydrogens (tertiary/aromatic N) is 3. The molecule has 146 valence electrons. The molecule has 0 spiro atoms. The first kappa shape index (κ1) is 18.6. The van der Waals surface area contributed by atoms with E-state index in [0.717, 1.165) is 18.4 Å². The Bertz CT molecular complexity index is 932. The number of aromatic nitrogens is 3. The summed E-state index contributed by atoms with van der Waals surface area (Å²) in [6, 6.07) is 7.16. The summed E-state index contributed by atoms with van der Waals surface area (Å²) in [5.41, 5.74) is 1.08. The van der Waals surface area contributed by atoms with Crippen LogP contribution >= 0.6 is 11.6 Å². The molecule has 1 aliphatic rings. The average molecular weight is 403 g/mol. The largest absolute Gasteiger partial charge is 0.448 e. The standard InChI is InChI=1S/C19H19ClN4O4/c20-14-3-1-12(2-4-14)17-23-16(28-24-17)5-8-21-18(25)15-11-27-19(22-15)13-6-9-26-10-7-13/h1-4,11,13H,5-10H2,(H,21,25). The normalized spacial score (nSPS) is 14.9. The summed E-state index contributed by atoms with van der Waals surface area (Å²) in [4.78, 5) is 20.9. The van der Waals surface area contributed by atoms with Crippen LogP contribution in [0.2, 0.25) is 5.02 Å². The predicted molar refractivity (Wildman–Crippen MR) is 100 cm³/mol. The Morgan fingerprint density at radius 3 is 2.75 bits per heavy atom. The van der Waals surface area contributed by atoms with Gasteiger partial charge in [0.2, 0.25) is 11.7 Å². The van der Waals surface area contributed by atoms with Crippen LogP contribution in [-0.2, 0) is 11.2 Å². The molecule has 0 bridgehead atoms. The molecule has 3 heterocycles. The van der Waals surface area contributed by atoms with Crippen LogP contribution in [0.25, 0.3) is 11.4 Å². The Morgan fingerprint density at radius 1 is 1.18 bits per heavy atom. The summed E-state index contributed by atoms with van der Waals surface area (Å²) in [6.07, 6.45) is 3.52. The van der Waals surface area contributed by atoms with E-state index in [4.69, 9.17) is 25.3 Å². The molecule has 0 atom stereocenters. The Kier molecular flexibility index (Phi) is 5.68. The zero-order valence-electron chi connectivity index (χ0n) is 15.1. The second-order valence-electron chi connectivity index (χ2n) is 6.48. The maximum Gasteiger partial charge on any atom is 0.273 e. The summed E-state index contributed by atoms with van der Waals surface area (Å²) in [5, 5.41) is 7.38. The molecule has 1 aliphatic heterocycles. The van der Waals surface area contributed by atoms with Crippen molar-refractivity contribution in [2.45, 2.75) is 25.2 Å². The van der Waals surface area contributed by atoms with Gasteiger partial charge in [-0.15, -0.1) is 0 Å². The number of hydrogen-bond acceptors (Lipinski definition) is 7. The molecule has 0 radical (unpaired) electrons. The van der Waals surface area contributed by atoms with Gasteiger partial charge < -0.3 is 19.0 Å². The molecule has 1 fully saturated rings. The van der Waals surface area contributed by atoms with Crippen LogP contribution in [0.5, 0.6) is 0 Å². The number of rotatable bonds is 6. The molecule has 0 unspecified atom stereocenters. The highest BCUT2D eigenvalue weighted by molar-refractivity contribution is 6.30. The minimum Gasteiger partial charge on any atom is -0.448 e. The SMILES string of the molecule is O=C(NCCc1nc(-c2ccc(Cl)cc2)no1)c1coc(C2CCOCC2)n1. The lowest BCUT2D eigenvalue weighted by molar-refractivity contribution is 0.0794. The summed E-state index contributed by atoms with van der Waals surface area (Å²) < 4.78 is 16.0. The molecule has 1 saturated heterocycles. The predicted octanol–water partition coefficient (Wildman–Crippen LogP) is 3.24. The Hall–Kier alpha value is -2.71. The quantitative estimate of drug-likeness (QED) is 0.674. The first-order chi connectivity index (χ1) is 13.7. The van der Waals surface area contributed by atoms with Gasteiger partial charge in [0.25, 0.3) is 5.91 Å². The number of ether oxygens (including phenoxy) is 1. The molecule has 0 aliphatic carbocycles. The molecule has 28 heavy (non-hydrogen) atoms. The molecular weight excluding hydrogens is 384 g/mol. The summed E-state index contributed by atoms with van der Waals surface area (Å²) >= 11 is 5.88. The summed E-state index contributed by atoms with van der Waals surface area (Å²) in [5.74, 6) is 1.43. The minimum absolute atomic E-state index is 0.208. The fourth-order valence-corrected chi connectivity index (χ4v) is 3.10. The van der Waals surface area contributed by atoms with E-state index >= 15 is 0 Å². The van der Waals surface area contributed by atoms with Crippen molar-refractivity contribution >= 4 is 17.5 Å². The minimum atomic E-state index is -0.292. The monoisotopic (exact) mass is 402 g/mol. The van der Waals surface area contributed by atoms with Gasteiger partial charge in [0.15, 0.2) is 11.6 Å². The number of oxazole rings is 1. The molecule has 1 aromatic carbocycles. The Morgan fingerprint density at radius 2 is 1.96 bits per heavy atom. The maximum absolute atomic E-state index is 12.3. The first-order valence-corrected chi connectivity index (χ1v) is 9.47. The molecule has 8 nitrogen and oxygen atoms in total. The zero-order valence-corrected chi connectivity index (χ0v) is 15.8. The lowest BCUT2D eigenvalue weighted by Gasteiger charge is -2.18. The Balaban J connectivity index is 1.29. The van der Waals surface area contributed by atoms with Crippen LogP contribution in [0, 0.1) is 0 Å². The van der Waals surface area contributed by atoms with Gasteiger partial charge in [-0.1, -0.05) is 16.8 Å². The van der Waals surface area contributed by atoms with E-state index in [-0.39, 0.29) is 17.5 Å². The second kappa shape index (κ2) is 8.53. The van der Waals surface area contributed by atoms with E-state index in [2.05, 4.69) is 20.4 Å². The van der Waals surface area contributed by atoms with Crippen LogP contribution in [-0.4, -0.2) is 40.8 Å². The molecule has 0 saturated carbocycles. The number of carbonyl (C=O) groups excluding carboxylic acids is 1. The highest BCUT2D eigenvalue weighted by atomic mass is 35.5. The van der Waals surface area contributed by atoms with Crippen molar-refractivity contribution in [1.29, 1.82) is 0 Å². The Labute approximate surface area is 166 Å². The van der Waals surface area contributed by atoms with Crippen LogP contribution < -0.4 is 5.32 Å². The highest BCUT2D eigenvalue weighted by Gasteiger charge is 2.22. The number of carbonyl (C=O) groups is 1. The molecule has 2 aromatic heterocycles. The van der Waals surface area contributed by atoms with Crippen LogP contribution in [0.1, 0.15) is 41.0 Å². The van der Waals surface area contributed by atoms with Gasteiger partial charge in [0, 0.05) is 42.7 Å². The number of halogens is 1. The van der Waals surface area contributed by atoms with Crippen molar-refractivity contribution in [3.05, 3.63) is 53.0 Å². The fourth-order valence-electron chi connectivity index (χ4n) is 2.97. The third kappa shape index (κ3) is 4.40. The molecule has 1 amide bonds. The number of hydrogen-bond donors (Lipinski definition) is 1. The van der Waals surface area contributed by atoms with E-state index in [1.54, 1.807) is 12.1 Å². The van der Waals surface area contributed by atoms with Gasteiger partial charge in [-0.2, -0.15) is 4.98 Å². The van der Waals surface area contributed by atoms with Crippen LogP contribution in [0.3, 0.4) is 0 Å². The van der Waals surface area contributed by atoms with E-state index in [1.807, 2.05) is 12.1 Å². The van der Waals surface area contributed by atoms with Crippen molar-refractivity contribution < 1.29 is 18.5 Å². The highest BCUT2D eigenvalue weighted by Crippen LogP contribution is 2.26. The van der Waals surface area contributed by atoms with Crippen molar-refractivity contribution in [1.82, 2.24) is 20.4 Å². The van der Waals surface area contributed by atoms with Crippen LogP contribution in [0.4, 0.5) is 0 Å². The molecule has 9 heteroatoms. The van der Waals surface area contributed by atoms with Gasteiger partial charge >= 0.3 is 0 Å². The average Bonchev–Trinajstić information content (AvgIpc) is 3.39. The number of nitrogens with one attached hydrogen (secondary N) is 1. The van der Waals surface area contributed by atoms with E-state index in [1.165, 1.54) is 6.26 Å². The van der Waals surface area contributed by atoms with Gasteiger partial charge in [0.05, 0.1) is 0 Å². The fraction of sp³-hybridized carbons (Fsp3) is 0.368. The molecule has 3 aromatic rings. The number of benzene rings is 1. The second-order valence-corrected chi connectivity index (χ2v) is 6.92. The van der Waals surface area contributed by atoms with Gasteiger partial charge in [-0.05, 0) is 37.1 Å².